The van der Waals surface area contributed by atoms with Crippen molar-refractivity contribution in [2.24, 2.45) is 0 Å². The Morgan fingerprint density at radius 1 is 1.30 bits per heavy atom. The van der Waals surface area contributed by atoms with Gasteiger partial charge in [0, 0.05) is 40.8 Å². The average molecular weight is 383 g/mol. The van der Waals surface area contributed by atoms with E-state index in [1.807, 2.05) is 6.07 Å². The molecule has 0 radical (unpaired) electrons. The molecule has 0 aliphatic carbocycles. The van der Waals surface area contributed by atoms with Gasteiger partial charge in [-0.1, -0.05) is 12.1 Å². The van der Waals surface area contributed by atoms with Crippen LogP contribution in [-0.2, 0) is 4.79 Å². The summed E-state index contributed by atoms with van der Waals surface area (Å²) in [5, 5.41) is 20.8. The van der Waals surface area contributed by atoms with Crippen molar-refractivity contribution in [1.82, 2.24) is 15.2 Å². The number of nitrogens with one attached hydrogen (secondary N) is 2. The third-order valence-corrected chi connectivity index (χ3v) is 4.41. The van der Waals surface area contributed by atoms with Gasteiger partial charge in [0.25, 0.3) is 5.69 Å². The molecule has 0 saturated carbocycles. The minimum atomic E-state index is -0.561. The number of H-pyrrole nitrogens is 1. The van der Waals surface area contributed by atoms with Gasteiger partial charge in [0.15, 0.2) is 12.1 Å². The Balaban J connectivity index is 1.84. The normalized spacial score (nSPS) is 10.4. The van der Waals surface area contributed by atoms with E-state index in [-0.39, 0.29) is 17.2 Å². The van der Waals surface area contributed by atoms with Crippen molar-refractivity contribution in [3.05, 3.63) is 58.1 Å². The Kier molecular flexibility index (Phi) is 5.27. The van der Waals surface area contributed by atoms with Crippen molar-refractivity contribution >= 4 is 35.3 Å². The predicted octanol–water partition coefficient (Wildman–Crippen LogP) is 3.30. The van der Waals surface area contributed by atoms with Gasteiger partial charge in [0.1, 0.15) is 0 Å². The Bertz CT molecular complexity index is 1030. The van der Waals surface area contributed by atoms with Crippen LogP contribution < -0.4 is 5.32 Å². The lowest BCUT2D eigenvalue weighted by atomic mass is 10.2. The highest BCUT2D eigenvalue weighted by molar-refractivity contribution is 7.99. The summed E-state index contributed by atoms with van der Waals surface area (Å²) >= 11 is 1.11. The second kappa shape index (κ2) is 7.79. The molecule has 1 heterocycles. The fourth-order valence-corrected chi connectivity index (χ4v) is 3.09. The zero-order valence-corrected chi connectivity index (χ0v) is 14.8. The molecule has 1 amide bonds. The van der Waals surface area contributed by atoms with E-state index in [4.69, 9.17) is 0 Å². The Labute approximate surface area is 157 Å². The number of rotatable bonds is 6. The van der Waals surface area contributed by atoms with Gasteiger partial charge in [-0.15, -0.1) is 5.10 Å². The highest BCUT2D eigenvalue weighted by Gasteiger charge is 2.14. The van der Waals surface area contributed by atoms with Crippen molar-refractivity contribution in [2.45, 2.75) is 17.0 Å². The molecule has 0 spiro atoms. The summed E-state index contributed by atoms with van der Waals surface area (Å²) in [6.45, 7) is 1.42. The predicted molar refractivity (Wildman–Crippen MR) is 98.7 cm³/mol. The van der Waals surface area contributed by atoms with Gasteiger partial charge in [-0.05, 0) is 30.0 Å². The SMILES string of the molecule is CC(=O)Nc1cccc(-c2nc(Sc3ccc([N+](=O)[O-])cc3C=O)n[nH]2)c1. The van der Waals surface area contributed by atoms with Gasteiger partial charge < -0.3 is 5.32 Å². The largest absolute Gasteiger partial charge is 0.326 e. The number of anilines is 1. The smallest absolute Gasteiger partial charge is 0.270 e. The van der Waals surface area contributed by atoms with Crippen molar-refractivity contribution in [3.8, 4) is 11.4 Å². The zero-order chi connectivity index (χ0) is 19.4. The first kappa shape index (κ1) is 18.3. The van der Waals surface area contributed by atoms with E-state index in [0.29, 0.717) is 27.8 Å². The minimum absolute atomic E-state index is 0.160. The standard InChI is InChI=1S/C17H13N5O4S/c1-10(24)18-13-4-2-3-11(7-13)16-19-17(21-20-16)27-15-6-5-14(22(25)26)8-12(15)9-23/h2-9H,1H3,(H,18,24)(H,19,20,21). The van der Waals surface area contributed by atoms with Gasteiger partial charge in [0.05, 0.1) is 4.92 Å². The highest BCUT2D eigenvalue weighted by Crippen LogP contribution is 2.31. The van der Waals surface area contributed by atoms with Crippen LogP contribution in [0.15, 0.2) is 52.5 Å². The maximum atomic E-state index is 11.2. The molecule has 10 heteroatoms. The van der Waals surface area contributed by atoms with Crippen LogP contribution in [0.5, 0.6) is 0 Å². The van der Waals surface area contributed by atoms with E-state index in [1.54, 1.807) is 18.2 Å². The van der Waals surface area contributed by atoms with E-state index in [1.165, 1.54) is 25.1 Å². The summed E-state index contributed by atoms with van der Waals surface area (Å²) in [7, 11) is 0. The van der Waals surface area contributed by atoms with Gasteiger partial charge in [-0.3, -0.25) is 24.8 Å². The van der Waals surface area contributed by atoms with Gasteiger partial charge >= 0.3 is 0 Å². The molecule has 9 nitrogen and oxygen atoms in total. The molecule has 2 N–H and O–H groups in total. The van der Waals surface area contributed by atoms with Crippen LogP contribution in [0.1, 0.15) is 17.3 Å². The second-order valence-corrected chi connectivity index (χ2v) is 6.44. The molecule has 136 valence electrons. The summed E-state index contributed by atoms with van der Waals surface area (Å²) in [5.41, 5.74) is 1.38. The summed E-state index contributed by atoms with van der Waals surface area (Å²) < 4.78 is 0. The number of aldehydes is 1. The highest BCUT2D eigenvalue weighted by atomic mass is 32.2. The monoisotopic (exact) mass is 383 g/mol. The van der Waals surface area contributed by atoms with E-state index in [9.17, 15) is 19.7 Å². The van der Waals surface area contributed by atoms with Gasteiger partial charge in [-0.2, -0.15) is 0 Å². The first-order valence-corrected chi connectivity index (χ1v) is 8.50. The summed E-state index contributed by atoms with van der Waals surface area (Å²) in [6, 6.07) is 11.1. The number of aromatic amines is 1. The molecule has 3 rings (SSSR count). The van der Waals surface area contributed by atoms with Crippen LogP contribution in [0.4, 0.5) is 11.4 Å². The number of carbonyl (C=O) groups excluding carboxylic acids is 2. The van der Waals surface area contributed by atoms with Crippen LogP contribution >= 0.6 is 11.8 Å². The Hall–Kier alpha value is -3.53. The summed E-state index contributed by atoms with van der Waals surface area (Å²) in [5.74, 6) is 0.305. The molecule has 0 bridgehead atoms. The number of nitro benzene ring substituents is 1. The number of amides is 1. The maximum absolute atomic E-state index is 11.2. The quantitative estimate of drug-likeness (QED) is 0.379. The maximum Gasteiger partial charge on any atom is 0.270 e. The first-order valence-electron chi connectivity index (χ1n) is 7.68. The summed E-state index contributed by atoms with van der Waals surface area (Å²) in [4.78, 5) is 37.5. The molecular weight excluding hydrogens is 370 g/mol. The molecule has 0 aliphatic heterocycles. The van der Waals surface area contributed by atoms with Crippen LogP contribution in [0.2, 0.25) is 0 Å². The van der Waals surface area contributed by atoms with Crippen LogP contribution in [0.3, 0.4) is 0 Å². The number of carbonyl (C=O) groups is 2. The lowest BCUT2D eigenvalue weighted by molar-refractivity contribution is -0.384. The van der Waals surface area contributed by atoms with E-state index < -0.39 is 4.92 Å². The number of aromatic nitrogens is 3. The zero-order valence-electron chi connectivity index (χ0n) is 14.0. The molecule has 0 atom stereocenters. The van der Waals surface area contributed by atoms with E-state index in [0.717, 1.165) is 17.3 Å². The number of nitro groups is 1. The topological polar surface area (TPSA) is 131 Å². The third kappa shape index (κ3) is 4.36. The van der Waals surface area contributed by atoms with Crippen molar-refractivity contribution in [1.29, 1.82) is 0 Å². The van der Waals surface area contributed by atoms with Crippen LogP contribution in [-0.4, -0.2) is 32.3 Å². The third-order valence-electron chi connectivity index (χ3n) is 3.45. The number of non-ortho nitro benzene ring substituents is 1. The molecule has 2 aromatic carbocycles. The number of hydrogen-bond acceptors (Lipinski definition) is 7. The Morgan fingerprint density at radius 2 is 2.11 bits per heavy atom. The molecule has 0 unspecified atom stereocenters. The second-order valence-electron chi connectivity index (χ2n) is 5.43. The number of hydrogen-bond donors (Lipinski definition) is 2. The molecule has 0 saturated heterocycles. The Morgan fingerprint density at radius 3 is 2.81 bits per heavy atom. The number of nitrogens with zero attached hydrogens (tertiary/aromatic N) is 3. The lowest BCUT2D eigenvalue weighted by Crippen LogP contribution is -2.05. The molecule has 27 heavy (non-hydrogen) atoms. The van der Waals surface area contributed by atoms with Gasteiger partial charge in [-0.25, -0.2) is 4.98 Å². The van der Waals surface area contributed by atoms with Crippen molar-refractivity contribution in [2.75, 3.05) is 5.32 Å². The van der Waals surface area contributed by atoms with E-state index >= 15 is 0 Å². The first-order chi connectivity index (χ1) is 13.0. The molecule has 0 aliphatic rings. The number of benzene rings is 2. The van der Waals surface area contributed by atoms with Crippen molar-refractivity contribution < 1.29 is 14.5 Å². The lowest BCUT2D eigenvalue weighted by Gasteiger charge is -2.03. The molecule has 0 fully saturated rings. The fraction of sp³-hybridized carbons (Fsp3) is 0.0588. The van der Waals surface area contributed by atoms with Crippen LogP contribution in [0, 0.1) is 10.1 Å². The summed E-state index contributed by atoms with van der Waals surface area (Å²) in [6.07, 6.45) is 0.555. The van der Waals surface area contributed by atoms with E-state index in [2.05, 4.69) is 20.5 Å². The van der Waals surface area contributed by atoms with Crippen molar-refractivity contribution in [3.63, 3.8) is 0 Å². The average Bonchev–Trinajstić information content (AvgIpc) is 3.10. The van der Waals surface area contributed by atoms with Gasteiger partial charge in [0.2, 0.25) is 11.1 Å². The fourth-order valence-electron chi connectivity index (χ4n) is 2.30. The minimum Gasteiger partial charge on any atom is -0.326 e. The molecular formula is C17H13N5O4S. The van der Waals surface area contributed by atoms with Crippen LogP contribution in [0.25, 0.3) is 11.4 Å². The molecule has 3 aromatic rings. The molecule has 1 aromatic heterocycles.